The summed E-state index contributed by atoms with van der Waals surface area (Å²) in [4.78, 5) is 23.4. The average Bonchev–Trinajstić information content (AvgIpc) is 2.61. The Kier molecular flexibility index (Phi) is 6.55. The van der Waals surface area contributed by atoms with E-state index in [0.717, 1.165) is 4.90 Å². The van der Waals surface area contributed by atoms with Gasteiger partial charge in [-0.2, -0.15) is 5.10 Å². The highest BCUT2D eigenvalue weighted by Crippen LogP contribution is 2.24. The second-order valence-electron chi connectivity index (χ2n) is 5.19. The van der Waals surface area contributed by atoms with Crippen LogP contribution in [0, 0.1) is 10.1 Å². The fraction of sp³-hybridized carbons (Fsp3) is 0.176. The minimum atomic E-state index is -0.472. The van der Waals surface area contributed by atoms with Crippen molar-refractivity contribution in [3.05, 3.63) is 69.2 Å². The third-order valence-electron chi connectivity index (χ3n) is 3.30. The zero-order chi connectivity index (χ0) is 18.4. The van der Waals surface area contributed by atoms with Gasteiger partial charge in [0.15, 0.2) is 0 Å². The van der Waals surface area contributed by atoms with Gasteiger partial charge in [0.05, 0.1) is 15.9 Å². The summed E-state index contributed by atoms with van der Waals surface area (Å²) in [5.41, 5.74) is 3.53. The van der Waals surface area contributed by atoms with Crippen LogP contribution in [-0.4, -0.2) is 21.8 Å². The van der Waals surface area contributed by atoms with Gasteiger partial charge < -0.3 is 0 Å². The number of carbonyl (C=O) groups is 1. The second-order valence-corrected chi connectivity index (χ2v) is 7.05. The Morgan fingerprint density at radius 3 is 2.60 bits per heavy atom. The molecule has 0 radical (unpaired) electrons. The zero-order valence-corrected chi connectivity index (χ0v) is 15.2. The molecule has 0 fully saturated rings. The second kappa shape index (κ2) is 8.64. The molecule has 0 heterocycles. The van der Waals surface area contributed by atoms with Gasteiger partial charge in [0.2, 0.25) is 0 Å². The average molecular weight is 378 g/mol. The van der Waals surface area contributed by atoms with E-state index in [1.165, 1.54) is 23.9 Å². The summed E-state index contributed by atoms with van der Waals surface area (Å²) in [5.74, 6) is -0.260. The molecule has 0 unspecified atom stereocenters. The number of amides is 1. The van der Waals surface area contributed by atoms with Gasteiger partial charge in [0.25, 0.3) is 11.6 Å². The number of hydrogen-bond acceptors (Lipinski definition) is 5. The number of nitrogens with one attached hydrogen (secondary N) is 1. The van der Waals surface area contributed by atoms with Gasteiger partial charge in [-0.05, 0) is 38.1 Å². The Morgan fingerprint density at radius 1 is 1.28 bits per heavy atom. The van der Waals surface area contributed by atoms with Crippen molar-refractivity contribution in [1.29, 1.82) is 0 Å². The van der Waals surface area contributed by atoms with Crippen molar-refractivity contribution in [2.75, 3.05) is 0 Å². The highest BCUT2D eigenvalue weighted by molar-refractivity contribution is 8.00. The molecular weight excluding hydrogens is 362 g/mol. The summed E-state index contributed by atoms with van der Waals surface area (Å²) in [5, 5.41) is 15.1. The number of carbonyl (C=O) groups excluding carboxylic acids is 1. The van der Waals surface area contributed by atoms with Crippen LogP contribution >= 0.6 is 23.4 Å². The van der Waals surface area contributed by atoms with E-state index >= 15 is 0 Å². The largest absolute Gasteiger partial charge is 0.272 e. The van der Waals surface area contributed by atoms with Crippen molar-refractivity contribution in [1.82, 2.24) is 5.43 Å². The summed E-state index contributed by atoms with van der Waals surface area (Å²) in [6.07, 6.45) is 0. The van der Waals surface area contributed by atoms with Crippen LogP contribution in [-0.2, 0) is 4.79 Å². The Hall–Kier alpha value is -2.38. The van der Waals surface area contributed by atoms with Crippen LogP contribution in [0.1, 0.15) is 19.4 Å². The molecule has 0 bridgehead atoms. The lowest BCUT2D eigenvalue weighted by atomic mass is 10.1. The van der Waals surface area contributed by atoms with Gasteiger partial charge in [-0.3, -0.25) is 14.9 Å². The Bertz CT molecular complexity index is 809. The van der Waals surface area contributed by atoms with E-state index in [-0.39, 0.29) is 16.8 Å². The molecule has 130 valence electrons. The lowest BCUT2D eigenvalue weighted by Crippen LogP contribution is -2.27. The topological polar surface area (TPSA) is 84.6 Å². The van der Waals surface area contributed by atoms with Gasteiger partial charge >= 0.3 is 0 Å². The number of benzene rings is 2. The predicted molar refractivity (Wildman–Crippen MR) is 100 cm³/mol. The SMILES string of the molecule is C/C(=N/NC(=O)[C@H](C)Sc1ccc(Cl)cc1)c1cccc([N+](=O)[O-])c1. The van der Waals surface area contributed by atoms with E-state index in [1.807, 2.05) is 12.1 Å². The molecule has 1 amide bonds. The minimum absolute atomic E-state index is 0.0231. The molecule has 6 nitrogen and oxygen atoms in total. The summed E-state index contributed by atoms with van der Waals surface area (Å²) in [6, 6.07) is 13.3. The third-order valence-corrected chi connectivity index (χ3v) is 4.67. The molecule has 25 heavy (non-hydrogen) atoms. The molecule has 2 aromatic carbocycles. The molecule has 0 spiro atoms. The number of nitro groups is 1. The lowest BCUT2D eigenvalue weighted by Gasteiger charge is -2.10. The van der Waals surface area contributed by atoms with Crippen LogP contribution in [0.5, 0.6) is 0 Å². The molecule has 0 saturated heterocycles. The maximum atomic E-state index is 12.2. The number of thioether (sulfide) groups is 1. The molecule has 2 rings (SSSR count). The number of nitro benzene ring substituents is 1. The molecule has 0 aliphatic heterocycles. The van der Waals surface area contributed by atoms with E-state index in [0.29, 0.717) is 16.3 Å². The number of hydrogen-bond donors (Lipinski definition) is 1. The Balaban J connectivity index is 1.99. The molecule has 8 heteroatoms. The number of hydrazone groups is 1. The molecule has 0 aromatic heterocycles. The molecule has 1 N–H and O–H groups in total. The standard InChI is InChI=1S/C17H16ClN3O3S/c1-11(13-4-3-5-15(10-13)21(23)24)19-20-17(22)12(2)25-16-8-6-14(18)7-9-16/h3-10,12H,1-2H3,(H,20,22)/b19-11-/t12-/m0/s1. The molecule has 0 saturated carbocycles. The van der Waals surface area contributed by atoms with Crippen LogP contribution in [0.2, 0.25) is 5.02 Å². The van der Waals surface area contributed by atoms with Gasteiger partial charge in [-0.25, -0.2) is 5.43 Å². The van der Waals surface area contributed by atoms with Gasteiger partial charge in [-0.1, -0.05) is 23.7 Å². The number of rotatable bonds is 6. The summed E-state index contributed by atoms with van der Waals surface area (Å²) < 4.78 is 0. The summed E-state index contributed by atoms with van der Waals surface area (Å²) >= 11 is 7.22. The summed E-state index contributed by atoms with van der Waals surface area (Å²) in [6.45, 7) is 3.45. The highest BCUT2D eigenvalue weighted by Gasteiger charge is 2.14. The normalized spacial score (nSPS) is 12.5. The van der Waals surface area contributed by atoms with Gasteiger partial charge in [0, 0.05) is 27.6 Å². The van der Waals surface area contributed by atoms with Crippen molar-refractivity contribution in [3.63, 3.8) is 0 Å². The summed E-state index contributed by atoms with van der Waals surface area (Å²) in [7, 11) is 0. The maximum absolute atomic E-state index is 12.2. The molecule has 2 aromatic rings. The third kappa shape index (κ3) is 5.58. The van der Waals surface area contributed by atoms with Crippen molar-refractivity contribution in [2.45, 2.75) is 24.0 Å². The van der Waals surface area contributed by atoms with Crippen LogP contribution in [0.4, 0.5) is 5.69 Å². The molecule has 1 atom stereocenters. The van der Waals surface area contributed by atoms with E-state index in [9.17, 15) is 14.9 Å². The first-order valence-corrected chi connectivity index (χ1v) is 8.64. The zero-order valence-electron chi connectivity index (χ0n) is 13.6. The number of halogens is 1. The van der Waals surface area contributed by atoms with Crippen molar-refractivity contribution >= 4 is 40.7 Å². The number of nitrogens with zero attached hydrogens (tertiary/aromatic N) is 2. The first kappa shape index (κ1) is 19.0. The fourth-order valence-corrected chi connectivity index (χ4v) is 2.90. The quantitative estimate of drug-likeness (QED) is 0.352. The number of non-ortho nitro benzene ring substituents is 1. The van der Waals surface area contributed by atoms with Crippen molar-refractivity contribution < 1.29 is 9.72 Å². The maximum Gasteiger partial charge on any atom is 0.270 e. The minimum Gasteiger partial charge on any atom is -0.272 e. The van der Waals surface area contributed by atoms with Gasteiger partial charge in [-0.15, -0.1) is 11.8 Å². The first-order valence-electron chi connectivity index (χ1n) is 7.38. The first-order chi connectivity index (χ1) is 11.9. The van der Waals surface area contributed by atoms with Crippen LogP contribution in [0.15, 0.2) is 58.5 Å². The smallest absolute Gasteiger partial charge is 0.270 e. The molecule has 0 aliphatic carbocycles. The van der Waals surface area contributed by atoms with Crippen LogP contribution in [0.3, 0.4) is 0 Å². The predicted octanol–water partition coefficient (Wildman–Crippen LogP) is 4.27. The van der Waals surface area contributed by atoms with E-state index in [4.69, 9.17) is 11.6 Å². The van der Waals surface area contributed by atoms with E-state index in [2.05, 4.69) is 10.5 Å². The lowest BCUT2D eigenvalue weighted by molar-refractivity contribution is -0.384. The monoisotopic (exact) mass is 377 g/mol. The van der Waals surface area contributed by atoms with E-state index in [1.54, 1.807) is 38.1 Å². The van der Waals surface area contributed by atoms with Gasteiger partial charge in [0.1, 0.15) is 0 Å². The van der Waals surface area contributed by atoms with Crippen molar-refractivity contribution in [3.8, 4) is 0 Å². The Morgan fingerprint density at radius 2 is 1.96 bits per heavy atom. The highest BCUT2D eigenvalue weighted by atomic mass is 35.5. The van der Waals surface area contributed by atoms with Crippen LogP contribution < -0.4 is 5.43 Å². The fourth-order valence-electron chi connectivity index (χ4n) is 1.91. The van der Waals surface area contributed by atoms with Crippen molar-refractivity contribution in [2.24, 2.45) is 5.10 Å². The van der Waals surface area contributed by atoms with Crippen LogP contribution in [0.25, 0.3) is 0 Å². The van der Waals surface area contributed by atoms with E-state index < -0.39 is 4.92 Å². The molecular formula is C17H16ClN3O3S. The Labute approximate surface area is 154 Å². The molecule has 0 aliphatic rings.